The Hall–Kier alpha value is -2.63. The lowest BCUT2D eigenvalue weighted by atomic mass is 9.79. The number of methoxy groups -OCH3 is 1. The van der Waals surface area contributed by atoms with Gasteiger partial charge in [0, 0.05) is 6.20 Å². The number of nitrogens with zero attached hydrogens (tertiary/aromatic N) is 2. The van der Waals surface area contributed by atoms with E-state index in [0.717, 1.165) is 11.3 Å². The molecule has 0 bridgehead atoms. The number of benzene rings is 1. The monoisotopic (exact) mass is 314 g/mol. The van der Waals surface area contributed by atoms with Crippen LogP contribution in [0.4, 0.5) is 0 Å². The van der Waals surface area contributed by atoms with Crippen LogP contribution in [0.2, 0.25) is 0 Å². The smallest absolute Gasteiger partial charge is 0.314 e. The fourth-order valence-electron chi connectivity index (χ4n) is 3.02. The van der Waals surface area contributed by atoms with E-state index in [1.54, 1.807) is 24.9 Å². The highest BCUT2D eigenvalue weighted by Crippen LogP contribution is 2.29. The molecule has 0 saturated heterocycles. The summed E-state index contributed by atoms with van der Waals surface area (Å²) in [4.78, 5) is 23.7. The Morgan fingerprint density at radius 1 is 1.39 bits per heavy atom. The van der Waals surface area contributed by atoms with E-state index >= 15 is 0 Å². The first-order valence-electron chi connectivity index (χ1n) is 7.46. The van der Waals surface area contributed by atoms with Crippen molar-refractivity contribution in [3.63, 3.8) is 0 Å². The number of carboxylic acid groups (broad SMARTS) is 1. The molecule has 0 fully saturated rings. The lowest BCUT2D eigenvalue weighted by Gasteiger charge is -2.22. The van der Waals surface area contributed by atoms with Gasteiger partial charge in [0.2, 0.25) is 0 Å². The van der Waals surface area contributed by atoms with E-state index in [0.29, 0.717) is 24.2 Å². The van der Waals surface area contributed by atoms with Crippen LogP contribution in [0.1, 0.15) is 28.5 Å². The Balaban J connectivity index is 1.84. The number of fused-ring (bicyclic) bond motifs is 1. The van der Waals surface area contributed by atoms with Gasteiger partial charge in [0.15, 0.2) is 5.78 Å². The highest BCUT2D eigenvalue weighted by Gasteiger charge is 2.39. The summed E-state index contributed by atoms with van der Waals surface area (Å²) in [5, 5.41) is 13.7. The third kappa shape index (κ3) is 2.84. The summed E-state index contributed by atoms with van der Waals surface area (Å²) in [5.74, 6) is -1.83. The molecule has 1 unspecified atom stereocenters. The summed E-state index contributed by atoms with van der Waals surface area (Å²) in [6.07, 6.45) is 2.16. The molecule has 120 valence electrons. The molecule has 1 aromatic heterocycles. The molecule has 2 aromatic rings. The van der Waals surface area contributed by atoms with Crippen LogP contribution in [0.3, 0.4) is 0 Å². The normalized spacial score (nSPS) is 20.2. The second-order valence-corrected chi connectivity index (χ2v) is 5.90. The molecule has 6 nitrogen and oxygen atoms in total. The number of ether oxygens (including phenoxy) is 1. The molecule has 6 heteroatoms. The summed E-state index contributed by atoms with van der Waals surface area (Å²) >= 11 is 0. The van der Waals surface area contributed by atoms with Gasteiger partial charge in [0.05, 0.1) is 24.9 Å². The van der Waals surface area contributed by atoms with Crippen molar-refractivity contribution in [2.24, 2.45) is 11.8 Å². The van der Waals surface area contributed by atoms with Crippen LogP contribution in [0.15, 0.2) is 30.5 Å². The topological polar surface area (TPSA) is 81.4 Å². The van der Waals surface area contributed by atoms with Crippen molar-refractivity contribution < 1.29 is 19.4 Å². The Kier molecular flexibility index (Phi) is 3.90. The summed E-state index contributed by atoms with van der Waals surface area (Å²) in [7, 11) is 1.61. The van der Waals surface area contributed by atoms with Gasteiger partial charge < -0.3 is 9.84 Å². The number of hydrogen-bond acceptors (Lipinski definition) is 4. The standard InChI is InChI=1S/C17H18N2O4/c1-10-7-14-13(16(20)15(10)17(21)22)9-19(18-14)8-11-3-5-12(23-2)6-4-11/h3-6,9-10,15H,7-8H2,1-2H3,(H,21,22)/t10?,15-/m0/s1. The van der Waals surface area contributed by atoms with Crippen LogP contribution in [0, 0.1) is 11.8 Å². The fraction of sp³-hybridized carbons (Fsp3) is 0.353. The van der Waals surface area contributed by atoms with Crippen LogP contribution < -0.4 is 4.74 Å². The third-order valence-electron chi connectivity index (χ3n) is 4.24. The van der Waals surface area contributed by atoms with Crippen LogP contribution in [0.25, 0.3) is 0 Å². The van der Waals surface area contributed by atoms with E-state index in [1.807, 2.05) is 24.3 Å². The van der Waals surface area contributed by atoms with Gasteiger partial charge in [-0.1, -0.05) is 19.1 Å². The Morgan fingerprint density at radius 2 is 2.09 bits per heavy atom. The van der Waals surface area contributed by atoms with Crippen LogP contribution >= 0.6 is 0 Å². The molecule has 1 aromatic carbocycles. The quantitative estimate of drug-likeness (QED) is 0.873. The number of aliphatic carboxylic acids is 1. The summed E-state index contributed by atoms with van der Waals surface area (Å²) < 4.78 is 6.82. The predicted octanol–water partition coefficient (Wildman–Crippen LogP) is 2.02. The first-order chi connectivity index (χ1) is 11.0. The molecular formula is C17H18N2O4. The molecule has 2 atom stereocenters. The van der Waals surface area contributed by atoms with E-state index in [-0.39, 0.29) is 11.7 Å². The number of Topliss-reactive ketones (excluding diaryl/α,β-unsaturated/α-hetero) is 1. The zero-order valence-corrected chi connectivity index (χ0v) is 13.0. The number of ketones is 1. The maximum Gasteiger partial charge on any atom is 0.314 e. The van der Waals surface area contributed by atoms with Crippen molar-refractivity contribution in [3.8, 4) is 5.75 Å². The van der Waals surface area contributed by atoms with Gasteiger partial charge in [-0.05, 0) is 30.0 Å². The number of carbonyl (C=O) groups excluding carboxylic acids is 1. The lowest BCUT2D eigenvalue weighted by Crippen LogP contribution is -2.35. The Morgan fingerprint density at radius 3 is 2.70 bits per heavy atom. The molecule has 0 radical (unpaired) electrons. The van der Waals surface area contributed by atoms with Gasteiger partial charge in [-0.25, -0.2) is 0 Å². The van der Waals surface area contributed by atoms with Gasteiger partial charge in [0.1, 0.15) is 11.7 Å². The first-order valence-corrected chi connectivity index (χ1v) is 7.46. The first kappa shape index (κ1) is 15.3. The molecule has 3 rings (SSSR count). The minimum absolute atomic E-state index is 0.239. The number of aromatic nitrogens is 2. The van der Waals surface area contributed by atoms with Crippen LogP contribution in [-0.4, -0.2) is 33.7 Å². The van der Waals surface area contributed by atoms with Crippen molar-refractivity contribution in [2.45, 2.75) is 19.9 Å². The average molecular weight is 314 g/mol. The van der Waals surface area contributed by atoms with E-state index in [1.165, 1.54) is 0 Å². The Bertz CT molecular complexity index is 748. The van der Waals surface area contributed by atoms with Crippen molar-refractivity contribution in [1.82, 2.24) is 9.78 Å². The predicted molar refractivity (Wildman–Crippen MR) is 82.6 cm³/mol. The second-order valence-electron chi connectivity index (χ2n) is 5.90. The maximum absolute atomic E-state index is 12.4. The van der Waals surface area contributed by atoms with E-state index in [4.69, 9.17) is 4.74 Å². The minimum atomic E-state index is -1.06. The zero-order valence-electron chi connectivity index (χ0n) is 13.0. The molecule has 1 aliphatic carbocycles. The molecule has 23 heavy (non-hydrogen) atoms. The third-order valence-corrected chi connectivity index (χ3v) is 4.24. The molecule has 0 aliphatic heterocycles. The number of carbonyl (C=O) groups is 2. The van der Waals surface area contributed by atoms with E-state index < -0.39 is 11.9 Å². The molecule has 1 aliphatic rings. The average Bonchev–Trinajstić information content (AvgIpc) is 2.90. The molecule has 1 N–H and O–H groups in total. The fourth-order valence-corrected chi connectivity index (χ4v) is 3.02. The van der Waals surface area contributed by atoms with Crippen molar-refractivity contribution in [1.29, 1.82) is 0 Å². The largest absolute Gasteiger partial charge is 0.497 e. The molecule has 0 spiro atoms. The summed E-state index contributed by atoms with van der Waals surface area (Å²) in [6, 6.07) is 7.60. The molecule has 0 saturated carbocycles. The number of hydrogen-bond donors (Lipinski definition) is 1. The molecule has 0 amide bonds. The summed E-state index contributed by atoms with van der Waals surface area (Å²) in [5.41, 5.74) is 2.15. The number of rotatable bonds is 4. The van der Waals surface area contributed by atoms with Gasteiger partial charge in [-0.3, -0.25) is 14.3 Å². The highest BCUT2D eigenvalue weighted by atomic mass is 16.5. The molecular weight excluding hydrogens is 296 g/mol. The lowest BCUT2D eigenvalue weighted by molar-refractivity contribution is -0.141. The minimum Gasteiger partial charge on any atom is -0.497 e. The highest BCUT2D eigenvalue weighted by molar-refractivity contribution is 6.09. The maximum atomic E-state index is 12.4. The number of carboxylic acids is 1. The SMILES string of the molecule is COc1ccc(Cn2cc3c(n2)CC(C)[C@H](C(=O)O)C3=O)cc1. The van der Waals surface area contributed by atoms with Gasteiger partial charge in [0.25, 0.3) is 0 Å². The van der Waals surface area contributed by atoms with Crippen molar-refractivity contribution >= 4 is 11.8 Å². The van der Waals surface area contributed by atoms with Crippen molar-refractivity contribution in [3.05, 3.63) is 47.3 Å². The van der Waals surface area contributed by atoms with E-state index in [9.17, 15) is 14.7 Å². The van der Waals surface area contributed by atoms with Gasteiger partial charge in [-0.15, -0.1) is 0 Å². The van der Waals surface area contributed by atoms with Crippen LogP contribution in [-0.2, 0) is 17.8 Å². The molecule has 1 heterocycles. The van der Waals surface area contributed by atoms with Gasteiger partial charge >= 0.3 is 5.97 Å². The van der Waals surface area contributed by atoms with Crippen molar-refractivity contribution in [2.75, 3.05) is 7.11 Å². The van der Waals surface area contributed by atoms with E-state index in [2.05, 4.69) is 5.10 Å². The van der Waals surface area contributed by atoms with Gasteiger partial charge in [-0.2, -0.15) is 5.10 Å². The zero-order chi connectivity index (χ0) is 16.6. The summed E-state index contributed by atoms with van der Waals surface area (Å²) in [6.45, 7) is 2.30. The second kappa shape index (κ2) is 5.87. The van der Waals surface area contributed by atoms with Crippen LogP contribution in [0.5, 0.6) is 5.75 Å². The Labute approximate surface area is 133 Å².